The fourth-order valence-corrected chi connectivity index (χ4v) is 4.59. The Morgan fingerprint density at radius 2 is 1.00 bits per heavy atom. The van der Waals surface area contributed by atoms with Gasteiger partial charge in [0.2, 0.25) is 0 Å². The molecule has 0 N–H and O–H groups in total. The molecule has 0 spiro atoms. The Kier molecular flexibility index (Phi) is 4.08. The Morgan fingerprint density at radius 1 is 0.524 bits per heavy atom. The van der Waals surface area contributed by atoms with Gasteiger partial charge < -0.3 is 0 Å². The van der Waals surface area contributed by atoms with E-state index in [1.165, 1.54) is 24.3 Å². The second-order valence-corrected chi connectivity index (χ2v) is 6.85. The van der Waals surface area contributed by atoms with E-state index < -0.39 is 7.92 Å². The van der Waals surface area contributed by atoms with E-state index >= 15 is 0 Å². The van der Waals surface area contributed by atoms with Crippen molar-refractivity contribution < 1.29 is 8.78 Å². The molecular weight excluding hydrogens is 285 g/mol. The van der Waals surface area contributed by atoms with Gasteiger partial charge in [-0.2, -0.15) is 0 Å². The van der Waals surface area contributed by atoms with Crippen molar-refractivity contribution >= 4 is 23.8 Å². The Morgan fingerprint density at radius 3 is 1.48 bits per heavy atom. The van der Waals surface area contributed by atoms with Gasteiger partial charge >= 0.3 is 0 Å². The lowest BCUT2D eigenvalue weighted by molar-refractivity contribution is 0.629. The summed E-state index contributed by atoms with van der Waals surface area (Å²) in [7, 11) is -0.958. The molecule has 0 radical (unpaired) electrons. The van der Waals surface area contributed by atoms with E-state index in [4.69, 9.17) is 0 Å². The second kappa shape index (κ2) is 6.15. The van der Waals surface area contributed by atoms with Crippen molar-refractivity contribution in [2.24, 2.45) is 0 Å². The predicted octanol–water partition coefficient (Wildman–Crippen LogP) is 3.72. The summed E-state index contributed by atoms with van der Waals surface area (Å²) in [6.45, 7) is 0. The zero-order valence-electron chi connectivity index (χ0n) is 11.2. The maximum absolute atomic E-state index is 13.6. The molecule has 0 aliphatic carbocycles. The topological polar surface area (TPSA) is 0 Å². The molecule has 0 atom stereocenters. The number of benzene rings is 3. The van der Waals surface area contributed by atoms with E-state index in [1.54, 1.807) is 12.1 Å². The van der Waals surface area contributed by atoms with Crippen LogP contribution in [0.2, 0.25) is 0 Å². The molecule has 0 bridgehead atoms. The van der Waals surface area contributed by atoms with Crippen LogP contribution in [0.15, 0.2) is 78.9 Å². The van der Waals surface area contributed by atoms with Gasteiger partial charge in [0.15, 0.2) is 0 Å². The van der Waals surface area contributed by atoms with Crippen molar-refractivity contribution in [1.82, 2.24) is 0 Å². The minimum Gasteiger partial charge on any atom is -0.207 e. The fourth-order valence-electron chi connectivity index (χ4n) is 2.25. The van der Waals surface area contributed by atoms with Crippen LogP contribution in [0.5, 0.6) is 0 Å². The highest BCUT2D eigenvalue weighted by Gasteiger charge is 2.17. The average molecular weight is 298 g/mol. The number of hydrogen-bond donors (Lipinski definition) is 0. The first-order valence-corrected chi connectivity index (χ1v) is 7.94. The zero-order chi connectivity index (χ0) is 14.7. The van der Waals surface area contributed by atoms with Gasteiger partial charge in [-0.3, -0.25) is 0 Å². The molecule has 0 heterocycles. The zero-order valence-corrected chi connectivity index (χ0v) is 12.1. The van der Waals surface area contributed by atoms with Crippen molar-refractivity contribution in [1.29, 1.82) is 0 Å². The first-order valence-electron chi connectivity index (χ1n) is 6.60. The van der Waals surface area contributed by atoms with E-state index in [0.29, 0.717) is 0 Å². The molecule has 21 heavy (non-hydrogen) atoms. The highest BCUT2D eigenvalue weighted by Crippen LogP contribution is 2.32. The van der Waals surface area contributed by atoms with Crippen LogP contribution in [0.3, 0.4) is 0 Å². The maximum Gasteiger partial charge on any atom is 0.123 e. The summed E-state index contributed by atoms with van der Waals surface area (Å²) >= 11 is 0. The summed E-state index contributed by atoms with van der Waals surface area (Å²) in [5, 5.41) is 2.83. The Bertz CT molecular complexity index is 695. The molecule has 0 unspecified atom stereocenters. The average Bonchev–Trinajstić information content (AvgIpc) is 2.49. The largest absolute Gasteiger partial charge is 0.207 e. The highest BCUT2D eigenvalue weighted by molar-refractivity contribution is 7.79. The molecule has 0 aliphatic heterocycles. The Labute approximate surface area is 123 Å². The molecule has 104 valence electrons. The van der Waals surface area contributed by atoms with Crippen LogP contribution in [0.1, 0.15) is 0 Å². The molecule has 3 heteroatoms. The van der Waals surface area contributed by atoms with Crippen molar-refractivity contribution in [2.75, 3.05) is 0 Å². The van der Waals surface area contributed by atoms with Crippen LogP contribution >= 0.6 is 7.92 Å². The molecule has 0 saturated carbocycles. The van der Waals surface area contributed by atoms with Gasteiger partial charge in [0.1, 0.15) is 11.6 Å². The molecule has 0 aliphatic rings. The normalized spacial score (nSPS) is 10.8. The minimum absolute atomic E-state index is 0.271. The molecule has 0 nitrogen and oxygen atoms in total. The SMILES string of the molecule is Fc1cccc(P(c2ccccc2)c2cccc(F)c2)c1. The highest BCUT2D eigenvalue weighted by atomic mass is 31.1. The third-order valence-electron chi connectivity index (χ3n) is 3.15. The van der Waals surface area contributed by atoms with Crippen LogP contribution in [-0.4, -0.2) is 0 Å². The fraction of sp³-hybridized carbons (Fsp3) is 0. The monoisotopic (exact) mass is 298 g/mol. The predicted molar refractivity (Wildman–Crippen MR) is 85.1 cm³/mol. The van der Waals surface area contributed by atoms with E-state index in [1.807, 2.05) is 42.5 Å². The molecule has 3 aromatic rings. The van der Waals surface area contributed by atoms with Crippen molar-refractivity contribution in [3.63, 3.8) is 0 Å². The van der Waals surface area contributed by atoms with Crippen molar-refractivity contribution in [2.45, 2.75) is 0 Å². The summed E-state index contributed by atoms with van der Waals surface area (Å²) in [5.74, 6) is -0.542. The third-order valence-corrected chi connectivity index (χ3v) is 5.55. The molecular formula is C18H13F2P. The second-order valence-electron chi connectivity index (χ2n) is 4.63. The lowest BCUT2D eigenvalue weighted by Gasteiger charge is -2.19. The molecule has 3 aromatic carbocycles. The van der Waals surface area contributed by atoms with Gasteiger partial charge in [-0.05, 0) is 48.1 Å². The molecule has 0 amide bonds. The molecule has 0 saturated heterocycles. The van der Waals surface area contributed by atoms with Gasteiger partial charge in [0, 0.05) is 0 Å². The quantitative estimate of drug-likeness (QED) is 0.646. The van der Waals surface area contributed by atoms with Crippen molar-refractivity contribution in [3.8, 4) is 0 Å². The smallest absolute Gasteiger partial charge is 0.123 e. The van der Waals surface area contributed by atoms with Crippen LogP contribution in [0.4, 0.5) is 8.78 Å². The minimum atomic E-state index is -0.958. The summed E-state index contributed by atoms with van der Waals surface area (Å²) in [6, 6.07) is 22.9. The van der Waals surface area contributed by atoms with E-state index in [-0.39, 0.29) is 11.6 Å². The molecule has 3 rings (SSSR count). The van der Waals surface area contributed by atoms with Crippen LogP contribution in [0.25, 0.3) is 0 Å². The molecule has 0 aromatic heterocycles. The number of rotatable bonds is 3. The van der Waals surface area contributed by atoms with Gasteiger partial charge in [0.25, 0.3) is 0 Å². The maximum atomic E-state index is 13.6. The van der Waals surface area contributed by atoms with Gasteiger partial charge in [0.05, 0.1) is 0 Å². The summed E-state index contributed by atoms with van der Waals surface area (Å²) in [4.78, 5) is 0. The number of hydrogen-bond acceptors (Lipinski definition) is 0. The van der Waals surface area contributed by atoms with Gasteiger partial charge in [-0.15, -0.1) is 0 Å². The van der Waals surface area contributed by atoms with E-state index in [9.17, 15) is 8.78 Å². The third kappa shape index (κ3) is 3.17. The van der Waals surface area contributed by atoms with Gasteiger partial charge in [-0.1, -0.05) is 54.6 Å². The number of halogens is 2. The van der Waals surface area contributed by atoms with E-state index in [2.05, 4.69) is 0 Å². The first kappa shape index (κ1) is 13.9. The molecule has 0 fully saturated rings. The lowest BCUT2D eigenvalue weighted by Crippen LogP contribution is -2.21. The van der Waals surface area contributed by atoms with Gasteiger partial charge in [-0.25, -0.2) is 8.78 Å². The van der Waals surface area contributed by atoms with Crippen LogP contribution in [0, 0.1) is 11.6 Å². The summed E-state index contributed by atoms with van der Waals surface area (Å²) in [6.07, 6.45) is 0. The first-order chi connectivity index (χ1) is 10.2. The Hall–Kier alpha value is -2.05. The summed E-state index contributed by atoms with van der Waals surface area (Å²) in [5.41, 5.74) is 0. The Balaban J connectivity index is 2.16. The van der Waals surface area contributed by atoms with Crippen LogP contribution < -0.4 is 15.9 Å². The lowest BCUT2D eigenvalue weighted by atomic mass is 10.3. The summed E-state index contributed by atoms with van der Waals surface area (Å²) < 4.78 is 27.1. The van der Waals surface area contributed by atoms with Crippen LogP contribution in [-0.2, 0) is 0 Å². The van der Waals surface area contributed by atoms with Crippen molar-refractivity contribution in [3.05, 3.63) is 90.5 Å². The van der Waals surface area contributed by atoms with E-state index in [0.717, 1.165) is 15.9 Å². The standard InChI is InChI=1S/C18H13F2P/c19-14-6-4-10-17(12-14)21(16-8-2-1-3-9-16)18-11-5-7-15(20)13-18/h1-13H.